The molecule has 1 aromatic heterocycles. The van der Waals surface area contributed by atoms with Crippen molar-refractivity contribution >= 4 is 5.97 Å². The number of nitrogens with zero attached hydrogens (tertiary/aromatic N) is 2. The number of benzene rings is 2. The number of aromatic nitrogens is 2. The van der Waals surface area contributed by atoms with Crippen molar-refractivity contribution in [3.63, 3.8) is 0 Å². The van der Waals surface area contributed by atoms with Crippen molar-refractivity contribution in [1.82, 2.24) is 10.1 Å². The van der Waals surface area contributed by atoms with Gasteiger partial charge < -0.3 is 14.0 Å². The summed E-state index contributed by atoms with van der Waals surface area (Å²) in [4.78, 5) is 16.7. The first-order valence-electron chi connectivity index (χ1n) is 8.20. The van der Waals surface area contributed by atoms with Gasteiger partial charge in [-0.2, -0.15) is 4.98 Å². The highest BCUT2D eigenvalue weighted by Crippen LogP contribution is 2.22. The molecule has 0 amide bonds. The fourth-order valence-electron chi connectivity index (χ4n) is 2.89. The van der Waals surface area contributed by atoms with Crippen molar-refractivity contribution in [3.05, 3.63) is 64.5 Å². The normalized spacial score (nSPS) is 10.6. The van der Waals surface area contributed by atoms with E-state index in [2.05, 4.69) is 10.1 Å². The number of aryl methyl sites for hydroxylation is 3. The lowest BCUT2D eigenvalue weighted by molar-refractivity contribution is 0.0428. The molecular formula is C20H20N2O4. The molecule has 1 heterocycles. The summed E-state index contributed by atoms with van der Waals surface area (Å²) in [5.74, 6) is 0.947. The molecule has 0 fully saturated rings. The van der Waals surface area contributed by atoms with E-state index in [0.29, 0.717) is 17.1 Å². The molecule has 0 saturated heterocycles. The molecule has 134 valence electrons. The Morgan fingerprint density at radius 2 is 1.85 bits per heavy atom. The third-order valence-corrected chi connectivity index (χ3v) is 4.00. The van der Waals surface area contributed by atoms with Crippen LogP contribution >= 0.6 is 0 Å². The summed E-state index contributed by atoms with van der Waals surface area (Å²) < 4.78 is 15.7. The number of carbonyl (C=O) groups excluding carboxylic acids is 1. The Kier molecular flexibility index (Phi) is 5.02. The minimum atomic E-state index is -0.402. The van der Waals surface area contributed by atoms with Gasteiger partial charge in [-0.25, -0.2) is 4.79 Å². The van der Waals surface area contributed by atoms with Crippen molar-refractivity contribution in [2.75, 3.05) is 7.11 Å². The molecule has 0 saturated carbocycles. The highest BCUT2D eigenvalue weighted by Gasteiger charge is 2.16. The average Bonchev–Trinajstić information content (AvgIpc) is 3.08. The van der Waals surface area contributed by atoms with Crippen LogP contribution in [-0.4, -0.2) is 23.2 Å². The molecule has 26 heavy (non-hydrogen) atoms. The molecule has 0 atom stereocenters. The van der Waals surface area contributed by atoms with Gasteiger partial charge in [0.1, 0.15) is 5.75 Å². The minimum absolute atomic E-state index is 0.0808. The van der Waals surface area contributed by atoms with Crippen LogP contribution in [0, 0.1) is 20.8 Å². The molecular weight excluding hydrogens is 332 g/mol. The lowest BCUT2D eigenvalue weighted by Crippen LogP contribution is -2.09. The van der Waals surface area contributed by atoms with Crippen molar-refractivity contribution in [3.8, 4) is 17.1 Å². The Bertz CT molecular complexity index is 923. The number of rotatable bonds is 5. The van der Waals surface area contributed by atoms with Crippen LogP contribution in [0.1, 0.15) is 32.9 Å². The highest BCUT2D eigenvalue weighted by atomic mass is 16.6. The molecule has 0 spiro atoms. The van der Waals surface area contributed by atoms with Gasteiger partial charge in [0.15, 0.2) is 6.61 Å². The van der Waals surface area contributed by atoms with E-state index in [1.54, 1.807) is 13.2 Å². The number of hydrogen-bond donors (Lipinski definition) is 0. The van der Waals surface area contributed by atoms with Gasteiger partial charge in [-0.05, 0) is 44.0 Å². The fourth-order valence-corrected chi connectivity index (χ4v) is 2.89. The second-order valence-electron chi connectivity index (χ2n) is 6.09. The molecule has 0 radical (unpaired) electrons. The Hall–Kier alpha value is -3.15. The number of hydrogen-bond acceptors (Lipinski definition) is 6. The van der Waals surface area contributed by atoms with E-state index >= 15 is 0 Å². The summed E-state index contributed by atoms with van der Waals surface area (Å²) in [5, 5.41) is 3.93. The van der Waals surface area contributed by atoms with Crippen molar-refractivity contribution < 1.29 is 18.8 Å². The smallest absolute Gasteiger partial charge is 0.339 e. The van der Waals surface area contributed by atoms with E-state index < -0.39 is 5.97 Å². The van der Waals surface area contributed by atoms with Crippen LogP contribution in [0.15, 0.2) is 40.9 Å². The van der Waals surface area contributed by atoms with Gasteiger partial charge in [0.25, 0.3) is 5.89 Å². The number of esters is 1. The average molecular weight is 352 g/mol. The lowest BCUT2D eigenvalue weighted by Gasteiger charge is -2.09. The summed E-state index contributed by atoms with van der Waals surface area (Å²) in [6.07, 6.45) is 0. The van der Waals surface area contributed by atoms with Crippen LogP contribution in [0.5, 0.6) is 5.75 Å². The molecule has 0 unspecified atom stereocenters. The molecule has 0 aliphatic heterocycles. The maximum absolute atomic E-state index is 12.4. The number of ether oxygens (including phenoxy) is 2. The number of carbonyl (C=O) groups is 1. The largest absolute Gasteiger partial charge is 0.497 e. The minimum Gasteiger partial charge on any atom is -0.497 e. The van der Waals surface area contributed by atoms with Gasteiger partial charge in [-0.1, -0.05) is 35.0 Å². The van der Waals surface area contributed by atoms with Gasteiger partial charge in [-0.15, -0.1) is 0 Å². The SMILES string of the molecule is COc1cccc(-c2noc(COC(=O)c3c(C)cc(C)cc3C)n2)c1. The Balaban J connectivity index is 1.71. The van der Waals surface area contributed by atoms with Crippen molar-refractivity contribution in [1.29, 1.82) is 0 Å². The molecule has 0 aliphatic carbocycles. The summed E-state index contributed by atoms with van der Waals surface area (Å²) in [6, 6.07) is 11.2. The molecule has 0 N–H and O–H groups in total. The van der Waals surface area contributed by atoms with Gasteiger partial charge in [0.05, 0.1) is 12.7 Å². The van der Waals surface area contributed by atoms with Gasteiger partial charge in [0, 0.05) is 5.56 Å². The van der Waals surface area contributed by atoms with Gasteiger partial charge in [0.2, 0.25) is 5.82 Å². The lowest BCUT2D eigenvalue weighted by atomic mass is 10.00. The van der Waals surface area contributed by atoms with Gasteiger partial charge >= 0.3 is 5.97 Å². The third kappa shape index (κ3) is 3.74. The van der Waals surface area contributed by atoms with E-state index in [9.17, 15) is 4.79 Å². The first kappa shape index (κ1) is 17.7. The highest BCUT2D eigenvalue weighted by molar-refractivity contribution is 5.92. The zero-order valence-corrected chi connectivity index (χ0v) is 15.2. The molecule has 3 rings (SSSR count). The fraction of sp³-hybridized carbons (Fsp3) is 0.250. The molecule has 0 aliphatic rings. The van der Waals surface area contributed by atoms with Crippen molar-refractivity contribution in [2.24, 2.45) is 0 Å². The van der Waals surface area contributed by atoms with Crippen LogP contribution in [0.3, 0.4) is 0 Å². The first-order chi connectivity index (χ1) is 12.5. The predicted molar refractivity (Wildman–Crippen MR) is 96.1 cm³/mol. The number of methoxy groups -OCH3 is 1. The standard InChI is InChI=1S/C20H20N2O4/c1-12-8-13(2)18(14(3)9-12)20(23)25-11-17-21-19(22-26-17)15-6-5-7-16(10-15)24-4/h5-10H,11H2,1-4H3. The zero-order chi connectivity index (χ0) is 18.7. The van der Waals surface area contributed by atoms with Crippen LogP contribution in [-0.2, 0) is 11.3 Å². The second-order valence-corrected chi connectivity index (χ2v) is 6.09. The Labute approximate surface area is 151 Å². The molecule has 3 aromatic rings. The van der Waals surface area contributed by atoms with E-state index in [-0.39, 0.29) is 12.5 Å². The Morgan fingerprint density at radius 1 is 1.12 bits per heavy atom. The van der Waals surface area contributed by atoms with Crippen LogP contribution in [0.2, 0.25) is 0 Å². The molecule has 0 bridgehead atoms. The molecule has 2 aromatic carbocycles. The maximum Gasteiger partial charge on any atom is 0.339 e. The zero-order valence-electron chi connectivity index (χ0n) is 15.2. The van der Waals surface area contributed by atoms with Crippen molar-refractivity contribution in [2.45, 2.75) is 27.4 Å². The summed E-state index contributed by atoms with van der Waals surface area (Å²) >= 11 is 0. The van der Waals surface area contributed by atoms with E-state index in [0.717, 1.165) is 22.3 Å². The summed E-state index contributed by atoms with van der Waals surface area (Å²) in [7, 11) is 1.59. The van der Waals surface area contributed by atoms with Crippen LogP contribution in [0.4, 0.5) is 0 Å². The monoisotopic (exact) mass is 352 g/mol. The summed E-state index contributed by atoms with van der Waals surface area (Å²) in [5.41, 5.74) is 4.21. The topological polar surface area (TPSA) is 74.5 Å². The van der Waals surface area contributed by atoms with Gasteiger partial charge in [-0.3, -0.25) is 0 Å². The Morgan fingerprint density at radius 3 is 2.54 bits per heavy atom. The van der Waals surface area contributed by atoms with Crippen LogP contribution < -0.4 is 4.74 Å². The maximum atomic E-state index is 12.4. The molecule has 6 heteroatoms. The first-order valence-corrected chi connectivity index (χ1v) is 8.20. The van der Waals surface area contributed by atoms with E-state index in [1.807, 2.05) is 51.1 Å². The van der Waals surface area contributed by atoms with E-state index in [4.69, 9.17) is 14.0 Å². The van der Waals surface area contributed by atoms with E-state index in [1.165, 1.54) is 0 Å². The summed E-state index contributed by atoms with van der Waals surface area (Å²) in [6.45, 7) is 5.70. The van der Waals surface area contributed by atoms with Crippen LogP contribution in [0.25, 0.3) is 11.4 Å². The molecule has 6 nitrogen and oxygen atoms in total. The quantitative estimate of drug-likeness (QED) is 0.646. The second kappa shape index (κ2) is 7.39. The third-order valence-electron chi connectivity index (χ3n) is 4.00. The predicted octanol–water partition coefficient (Wildman–Crippen LogP) is 4.03.